The summed E-state index contributed by atoms with van der Waals surface area (Å²) >= 11 is 0. The van der Waals surface area contributed by atoms with Crippen molar-refractivity contribution in [1.82, 2.24) is 10.2 Å². The zero-order valence-electron chi connectivity index (χ0n) is 11.8. The molecule has 8 heteroatoms. The maximum absolute atomic E-state index is 11.7. The van der Waals surface area contributed by atoms with Crippen LogP contribution in [0.2, 0.25) is 0 Å². The van der Waals surface area contributed by atoms with Gasteiger partial charge >= 0.3 is 0 Å². The van der Waals surface area contributed by atoms with Crippen molar-refractivity contribution in [2.24, 2.45) is 5.84 Å². The molecule has 0 atom stereocenters. The summed E-state index contributed by atoms with van der Waals surface area (Å²) in [5, 5.41) is 13.7. The minimum absolute atomic E-state index is 0.000156. The van der Waals surface area contributed by atoms with Gasteiger partial charge in [-0.1, -0.05) is 0 Å². The second kappa shape index (κ2) is 6.51. The lowest BCUT2D eigenvalue weighted by Gasteiger charge is -2.18. The van der Waals surface area contributed by atoms with E-state index in [1.54, 1.807) is 18.0 Å². The standard InChI is InChI=1S/C13H19N5O3/c1-17(8-13(19)15-10-2-3-10)7-9-6-11(18(20)21)4-5-12(9)16-14/h4-6,10,16H,2-3,7-8,14H2,1H3,(H,15,19). The highest BCUT2D eigenvalue weighted by Crippen LogP contribution is 2.22. The number of nitrogens with one attached hydrogen (secondary N) is 2. The number of hydrazine groups is 1. The summed E-state index contributed by atoms with van der Waals surface area (Å²) in [7, 11) is 1.78. The number of nitrogens with two attached hydrogens (primary N) is 1. The Bertz CT molecular complexity index is 545. The third-order valence-corrected chi connectivity index (χ3v) is 3.25. The number of amides is 1. The highest BCUT2D eigenvalue weighted by molar-refractivity contribution is 5.78. The van der Waals surface area contributed by atoms with Crippen LogP contribution >= 0.6 is 0 Å². The number of nitro groups is 1. The van der Waals surface area contributed by atoms with E-state index in [4.69, 9.17) is 5.84 Å². The quantitative estimate of drug-likeness (QED) is 0.385. The SMILES string of the molecule is CN(CC(=O)NC1CC1)Cc1cc([N+](=O)[O-])ccc1NN. The molecule has 1 fully saturated rings. The molecular weight excluding hydrogens is 274 g/mol. The molecule has 21 heavy (non-hydrogen) atoms. The molecular formula is C13H19N5O3. The zero-order valence-corrected chi connectivity index (χ0v) is 11.8. The van der Waals surface area contributed by atoms with Crippen LogP contribution in [0.4, 0.5) is 11.4 Å². The Morgan fingerprint density at radius 2 is 2.24 bits per heavy atom. The zero-order chi connectivity index (χ0) is 15.4. The van der Waals surface area contributed by atoms with Gasteiger partial charge in [-0.3, -0.25) is 25.7 Å². The van der Waals surface area contributed by atoms with Gasteiger partial charge in [-0.05, 0) is 31.5 Å². The first kappa shape index (κ1) is 15.2. The van der Waals surface area contributed by atoms with Crippen molar-refractivity contribution in [3.05, 3.63) is 33.9 Å². The Morgan fingerprint density at radius 3 is 2.81 bits per heavy atom. The van der Waals surface area contributed by atoms with Crippen molar-refractivity contribution in [3.63, 3.8) is 0 Å². The summed E-state index contributed by atoms with van der Waals surface area (Å²) < 4.78 is 0. The van der Waals surface area contributed by atoms with E-state index < -0.39 is 4.92 Å². The Balaban J connectivity index is 2.00. The average Bonchev–Trinajstić information content (AvgIpc) is 3.21. The molecule has 1 aliphatic carbocycles. The molecule has 114 valence electrons. The first-order valence-electron chi connectivity index (χ1n) is 6.71. The van der Waals surface area contributed by atoms with Crippen molar-refractivity contribution >= 4 is 17.3 Å². The topological polar surface area (TPSA) is 114 Å². The van der Waals surface area contributed by atoms with Gasteiger partial charge in [0, 0.05) is 24.7 Å². The minimum Gasteiger partial charge on any atom is -0.352 e. The lowest BCUT2D eigenvalue weighted by molar-refractivity contribution is -0.384. The Hall–Kier alpha value is -2.19. The summed E-state index contributed by atoms with van der Waals surface area (Å²) in [6.45, 7) is 0.627. The van der Waals surface area contributed by atoms with Crippen LogP contribution in [0.1, 0.15) is 18.4 Å². The molecule has 0 spiro atoms. The predicted octanol–water partition coefficient (Wildman–Crippen LogP) is 0.591. The van der Waals surface area contributed by atoms with Crippen LogP contribution in [0, 0.1) is 10.1 Å². The monoisotopic (exact) mass is 293 g/mol. The van der Waals surface area contributed by atoms with E-state index in [9.17, 15) is 14.9 Å². The fraction of sp³-hybridized carbons (Fsp3) is 0.462. The molecule has 0 unspecified atom stereocenters. The van der Waals surface area contributed by atoms with Gasteiger partial charge in [-0.15, -0.1) is 0 Å². The number of carbonyl (C=O) groups excluding carboxylic acids is 1. The van der Waals surface area contributed by atoms with Gasteiger partial charge in [0.15, 0.2) is 0 Å². The molecule has 2 rings (SSSR count). The lowest BCUT2D eigenvalue weighted by Crippen LogP contribution is -2.36. The first-order chi connectivity index (χ1) is 9.99. The van der Waals surface area contributed by atoms with Gasteiger partial charge in [0.05, 0.1) is 17.2 Å². The van der Waals surface area contributed by atoms with Gasteiger partial charge in [0.2, 0.25) is 5.91 Å². The van der Waals surface area contributed by atoms with Gasteiger partial charge in [-0.25, -0.2) is 0 Å². The number of nitro benzene ring substituents is 1. The van der Waals surface area contributed by atoms with Crippen LogP contribution in [0.3, 0.4) is 0 Å². The van der Waals surface area contributed by atoms with E-state index in [-0.39, 0.29) is 18.1 Å². The molecule has 1 aromatic rings. The van der Waals surface area contributed by atoms with Crippen LogP contribution in [0.25, 0.3) is 0 Å². The van der Waals surface area contributed by atoms with E-state index in [0.717, 1.165) is 12.8 Å². The highest BCUT2D eigenvalue weighted by Gasteiger charge is 2.23. The molecule has 0 heterocycles. The number of likely N-dealkylation sites (N-methyl/N-ethyl adjacent to an activating group) is 1. The van der Waals surface area contributed by atoms with Gasteiger partial charge in [-0.2, -0.15) is 0 Å². The smallest absolute Gasteiger partial charge is 0.269 e. The van der Waals surface area contributed by atoms with Crippen molar-refractivity contribution < 1.29 is 9.72 Å². The largest absolute Gasteiger partial charge is 0.352 e. The third-order valence-electron chi connectivity index (χ3n) is 3.25. The molecule has 8 nitrogen and oxygen atoms in total. The molecule has 1 aliphatic rings. The number of nitrogen functional groups attached to an aromatic ring is 1. The molecule has 1 saturated carbocycles. The van der Waals surface area contributed by atoms with Gasteiger partial charge < -0.3 is 10.7 Å². The van der Waals surface area contributed by atoms with Crippen molar-refractivity contribution in [1.29, 1.82) is 0 Å². The summed E-state index contributed by atoms with van der Waals surface area (Å²) in [6.07, 6.45) is 2.09. The molecule has 0 radical (unpaired) electrons. The summed E-state index contributed by atoms with van der Waals surface area (Å²) in [6, 6.07) is 4.74. The molecule has 0 bridgehead atoms. The molecule has 4 N–H and O–H groups in total. The van der Waals surface area contributed by atoms with Crippen LogP contribution < -0.4 is 16.6 Å². The number of benzene rings is 1. The van der Waals surface area contributed by atoms with E-state index in [2.05, 4.69) is 10.7 Å². The predicted molar refractivity (Wildman–Crippen MR) is 78.4 cm³/mol. The normalized spacial score (nSPS) is 14.0. The van der Waals surface area contributed by atoms with Crippen LogP contribution in [-0.2, 0) is 11.3 Å². The molecule has 1 aromatic carbocycles. The first-order valence-corrected chi connectivity index (χ1v) is 6.71. The minimum atomic E-state index is -0.455. The lowest BCUT2D eigenvalue weighted by atomic mass is 10.1. The number of carbonyl (C=O) groups is 1. The maximum atomic E-state index is 11.7. The Kier molecular flexibility index (Phi) is 4.71. The number of anilines is 1. The van der Waals surface area contributed by atoms with E-state index in [0.29, 0.717) is 23.8 Å². The second-order valence-electron chi connectivity index (χ2n) is 5.26. The Labute approximate surface area is 122 Å². The van der Waals surface area contributed by atoms with Crippen molar-refractivity contribution in [2.45, 2.75) is 25.4 Å². The van der Waals surface area contributed by atoms with E-state index >= 15 is 0 Å². The third kappa shape index (κ3) is 4.40. The number of rotatable bonds is 7. The van der Waals surface area contributed by atoms with Crippen molar-refractivity contribution in [3.8, 4) is 0 Å². The molecule has 0 aromatic heterocycles. The fourth-order valence-electron chi connectivity index (χ4n) is 2.06. The number of hydrogen-bond donors (Lipinski definition) is 3. The summed E-state index contributed by atoms with van der Waals surface area (Å²) in [4.78, 5) is 23.9. The van der Waals surface area contributed by atoms with E-state index in [1.807, 2.05) is 0 Å². The summed E-state index contributed by atoms with van der Waals surface area (Å²) in [5.74, 6) is 5.38. The fourth-order valence-corrected chi connectivity index (χ4v) is 2.06. The number of nitrogens with zero attached hydrogens (tertiary/aromatic N) is 2. The van der Waals surface area contributed by atoms with Gasteiger partial charge in [0.1, 0.15) is 0 Å². The van der Waals surface area contributed by atoms with Crippen LogP contribution in [0.15, 0.2) is 18.2 Å². The molecule has 0 saturated heterocycles. The molecule has 0 aliphatic heterocycles. The second-order valence-corrected chi connectivity index (χ2v) is 5.26. The van der Waals surface area contributed by atoms with Crippen molar-refractivity contribution in [2.75, 3.05) is 19.0 Å². The van der Waals surface area contributed by atoms with Gasteiger partial charge in [0.25, 0.3) is 5.69 Å². The van der Waals surface area contributed by atoms with Crippen LogP contribution in [0.5, 0.6) is 0 Å². The van der Waals surface area contributed by atoms with Crippen LogP contribution in [-0.4, -0.2) is 35.4 Å². The van der Waals surface area contributed by atoms with E-state index in [1.165, 1.54) is 12.1 Å². The number of hydrogen-bond acceptors (Lipinski definition) is 6. The highest BCUT2D eigenvalue weighted by atomic mass is 16.6. The maximum Gasteiger partial charge on any atom is 0.269 e. The summed E-state index contributed by atoms with van der Waals surface area (Å²) in [5.41, 5.74) is 3.79. The average molecular weight is 293 g/mol. The Morgan fingerprint density at radius 1 is 1.52 bits per heavy atom. The number of non-ortho nitro benzene ring substituents is 1. The molecule has 1 amide bonds.